The van der Waals surface area contributed by atoms with Gasteiger partial charge in [0.25, 0.3) is 0 Å². The molecule has 1 aliphatic rings. The Morgan fingerprint density at radius 3 is 2.14 bits per heavy atom. The Morgan fingerprint density at radius 2 is 1.64 bits per heavy atom. The van der Waals surface area contributed by atoms with E-state index in [4.69, 9.17) is 0 Å². The standard InChI is InChI=1S/C13H14O/c1-10(14)11-6-8-13(9-7-11)12-4-2-3-5-12/h2-10,12,14H,1H3/t10-/m0/s1. The zero-order valence-corrected chi connectivity index (χ0v) is 8.22. The second-order valence-corrected chi connectivity index (χ2v) is 3.64. The van der Waals surface area contributed by atoms with Crippen LogP contribution in [0.15, 0.2) is 48.6 Å². The monoisotopic (exact) mass is 186 g/mol. The molecule has 1 atom stereocenters. The summed E-state index contributed by atoms with van der Waals surface area (Å²) in [4.78, 5) is 0. The minimum Gasteiger partial charge on any atom is -0.389 e. The summed E-state index contributed by atoms with van der Waals surface area (Å²) in [6, 6.07) is 8.12. The molecule has 0 fully saturated rings. The van der Waals surface area contributed by atoms with Gasteiger partial charge in [-0.3, -0.25) is 0 Å². The third-order valence-electron chi connectivity index (χ3n) is 2.55. The molecule has 0 amide bonds. The van der Waals surface area contributed by atoms with Gasteiger partial charge in [-0.05, 0) is 18.1 Å². The van der Waals surface area contributed by atoms with E-state index in [0.29, 0.717) is 5.92 Å². The third-order valence-corrected chi connectivity index (χ3v) is 2.55. The van der Waals surface area contributed by atoms with E-state index >= 15 is 0 Å². The van der Waals surface area contributed by atoms with Crippen LogP contribution in [0, 0.1) is 0 Å². The molecule has 1 aromatic carbocycles. The zero-order chi connectivity index (χ0) is 9.97. The quantitative estimate of drug-likeness (QED) is 0.752. The van der Waals surface area contributed by atoms with Gasteiger partial charge in [-0.25, -0.2) is 0 Å². The molecule has 0 radical (unpaired) electrons. The Balaban J connectivity index is 2.21. The van der Waals surface area contributed by atoms with E-state index in [1.165, 1.54) is 5.56 Å². The molecule has 0 heterocycles. The van der Waals surface area contributed by atoms with Crippen LogP contribution in [0.5, 0.6) is 0 Å². The van der Waals surface area contributed by atoms with Crippen LogP contribution in [0.1, 0.15) is 30.1 Å². The highest BCUT2D eigenvalue weighted by Gasteiger charge is 2.07. The predicted octanol–water partition coefficient (Wildman–Crippen LogP) is 2.95. The lowest BCUT2D eigenvalue weighted by Crippen LogP contribution is -1.93. The normalized spacial score (nSPS) is 17.6. The van der Waals surface area contributed by atoms with Crippen LogP contribution < -0.4 is 0 Å². The van der Waals surface area contributed by atoms with Crippen LogP contribution in [0.3, 0.4) is 0 Å². The van der Waals surface area contributed by atoms with E-state index in [-0.39, 0.29) is 6.10 Å². The molecule has 0 spiro atoms. The first-order valence-corrected chi connectivity index (χ1v) is 4.90. The lowest BCUT2D eigenvalue weighted by molar-refractivity contribution is 0.199. The predicted molar refractivity (Wildman–Crippen MR) is 58.1 cm³/mol. The van der Waals surface area contributed by atoms with Crippen LogP contribution in [0.25, 0.3) is 0 Å². The first-order valence-electron chi connectivity index (χ1n) is 4.90. The van der Waals surface area contributed by atoms with E-state index < -0.39 is 0 Å². The van der Waals surface area contributed by atoms with Gasteiger partial charge in [-0.1, -0.05) is 48.6 Å². The summed E-state index contributed by atoms with van der Waals surface area (Å²) in [6.07, 6.45) is 8.08. The van der Waals surface area contributed by atoms with Crippen LogP contribution in [-0.4, -0.2) is 5.11 Å². The summed E-state index contributed by atoms with van der Waals surface area (Å²) in [5, 5.41) is 9.35. The Hall–Kier alpha value is -1.34. The number of hydrogen-bond acceptors (Lipinski definition) is 1. The van der Waals surface area contributed by atoms with E-state index in [9.17, 15) is 5.11 Å². The van der Waals surface area contributed by atoms with Crippen molar-refractivity contribution in [1.82, 2.24) is 0 Å². The molecule has 14 heavy (non-hydrogen) atoms. The van der Waals surface area contributed by atoms with E-state index in [1.807, 2.05) is 12.1 Å². The highest BCUT2D eigenvalue weighted by molar-refractivity contribution is 5.36. The molecule has 1 aliphatic carbocycles. The van der Waals surface area contributed by atoms with E-state index in [1.54, 1.807) is 6.92 Å². The van der Waals surface area contributed by atoms with Gasteiger partial charge in [-0.2, -0.15) is 0 Å². The van der Waals surface area contributed by atoms with Gasteiger partial charge < -0.3 is 5.11 Å². The molecule has 0 aliphatic heterocycles. The molecule has 2 rings (SSSR count). The number of allylic oxidation sites excluding steroid dienone is 4. The number of aliphatic hydroxyl groups excluding tert-OH is 1. The number of hydrogen-bond donors (Lipinski definition) is 1. The minimum absolute atomic E-state index is 0.376. The van der Waals surface area contributed by atoms with Crippen molar-refractivity contribution in [3.8, 4) is 0 Å². The Bertz CT molecular complexity index is 345. The maximum Gasteiger partial charge on any atom is 0.0761 e. The highest BCUT2D eigenvalue weighted by atomic mass is 16.3. The first kappa shape index (κ1) is 9.22. The summed E-state index contributed by atoms with van der Waals surface area (Å²) >= 11 is 0. The number of benzene rings is 1. The van der Waals surface area contributed by atoms with Crippen LogP contribution in [-0.2, 0) is 0 Å². The second kappa shape index (κ2) is 3.81. The fourth-order valence-electron chi connectivity index (χ4n) is 1.65. The van der Waals surface area contributed by atoms with Gasteiger partial charge in [0, 0.05) is 5.92 Å². The summed E-state index contributed by atoms with van der Waals surface area (Å²) in [7, 11) is 0. The molecule has 0 aromatic heterocycles. The fraction of sp³-hybridized carbons (Fsp3) is 0.231. The van der Waals surface area contributed by atoms with Crippen LogP contribution >= 0.6 is 0 Å². The minimum atomic E-state index is -0.376. The van der Waals surface area contributed by atoms with Crippen molar-refractivity contribution in [3.05, 3.63) is 59.7 Å². The molecule has 1 N–H and O–H groups in total. The van der Waals surface area contributed by atoms with Crippen molar-refractivity contribution in [2.45, 2.75) is 18.9 Å². The van der Waals surface area contributed by atoms with Gasteiger partial charge in [0.1, 0.15) is 0 Å². The van der Waals surface area contributed by atoms with Crippen molar-refractivity contribution in [2.75, 3.05) is 0 Å². The van der Waals surface area contributed by atoms with Gasteiger partial charge in [0.15, 0.2) is 0 Å². The Kier molecular flexibility index (Phi) is 2.51. The Labute approximate surface area is 84.4 Å². The summed E-state index contributed by atoms with van der Waals surface area (Å²) < 4.78 is 0. The van der Waals surface area contributed by atoms with Gasteiger partial charge in [0.2, 0.25) is 0 Å². The molecule has 72 valence electrons. The van der Waals surface area contributed by atoms with Gasteiger partial charge >= 0.3 is 0 Å². The Morgan fingerprint density at radius 1 is 1.07 bits per heavy atom. The molecular weight excluding hydrogens is 172 g/mol. The number of rotatable bonds is 2. The summed E-state index contributed by atoms with van der Waals surface area (Å²) in [6.45, 7) is 1.78. The highest BCUT2D eigenvalue weighted by Crippen LogP contribution is 2.24. The van der Waals surface area contributed by atoms with Gasteiger partial charge in [-0.15, -0.1) is 0 Å². The maximum atomic E-state index is 9.35. The lowest BCUT2D eigenvalue weighted by atomic mass is 9.98. The van der Waals surface area contributed by atoms with E-state index in [2.05, 4.69) is 36.4 Å². The summed E-state index contributed by atoms with van der Waals surface area (Å²) in [5.74, 6) is 0.415. The molecule has 0 bridgehead atoms. The SMILES string of the molecule is C[C@H](O)c1ccc(C2C=CC=C2)cc1. The maximum absolute atomic E-state index is 9.35. The molecule has 0 saturated carbocycles. The van der Waals surface area contributed by atoms with Crippen molar-refractivity contribution >= 4 is 0 Å². The second-order valence-electron chi connectivity index (χ2n) is 3.64. The average Bonchev–Trinajstić information content (AvgIpc) is 2.71. The molecule has 1 aromatic rings. The molecule has 0 unspecified atom stereocenters. The average molecular weight is 186 g/mol. The van der Waals surface area contributed by atoms with Crippen molar-refractivity contribution < 1.29 is 5.11 Å². The third kappa shape index (κ3) is 1.78. The first-order chi connectivity index (χ1) is 6.77. The lowest BCUT2D eigenvalue weighted by Gasteiger charge is -2.08. The zero-order valence-electron chi connectivity index (χ0n) is 8.22. The molecule has 1 heteroatoms. The molecule has 1 nitrogen and oxygen atoms in total. The van der Waals surface area contributed by atoms with Crippen molar-refractivity contribution in [1.29, 1.82) is 0 Å². The van der Waals surface area contributed by atoms with Crippen molar-refractivity contribution in [3.63, 3.8) is 0 Å². The van der Waals surface area contributed by atoms with Crippen molar-refractivity contribution in [2.24, 2.45) is 0 Å². The van der Waals surface area contributed by atoms with Crippen LogP contribution in [0.4, 0.5) is 0 Å². The fourth-order valence-corrected chi connectivity index (χ4v) is 1.65. The van der Waals surface area contributed by atoms with Gasteiger partial charge in [0.05, 0.1) is 6.10 Å². The topological polar surface area (TPSA) is 20.2 Å². The molecule has 0 saturated heterocycles. The summed E-state index contributed by atoms with van der Waals surface area (Å²) in [5.41, 5.74) is 2.25. The largest absolute Gasteiger partial charge is 0.389 e. The van der Waals surface area contributed by atoms with Crippen LogP contribution in [0.2, 0.25) is 0 Å². The smallest absolute Gasteiger partial charge is 0.0761 e. The molecular formula is C13H14O. The number of aliphatic hydroxyl groups is 1. The van der Waals surface area contributed by atoms with E-state index in [0.717, 1.165) is 5.56 Å².